The van der Waals surface area contributed by atoms with E-state index in [-0.39, 0.29) is 4.90 Å². The van der Waals surface area contributed by atoms with Gasteiger partial charge in [0.1, 0.15) is 6.54 Å². The van der Waals surface area contributed by atoms with Gasteiger partial charge in [-0.05, 0) is 30.7 Å². The summed E-state index contributed by atoms with van der Waals surface area (Å²) in [7, 11) is -3.73. The quantitative estimate of drug-likeness (QED) is 0.141. The molecule has 0 atom stereocenters. The van der Waals surface area contributed by atoms with Crippen LogP contribution in [0.2, 0.25) is 0 Å². The molecule has 0 aliphatic carbocycles. The van der Waals surface area contributed by atoms with Gasteiger partial charge in [0, 0.05) is 31.2 Å². The van der Waals surface area contributed by atoms with Crippen molar-refractivity contribution in [3.63, 3.8) is 0 Å². The summed E-state index contributed by atoms with van der Waals surface area (Å²) in [5, 5.41) is 0. The molecule has 6 nitrogen and oxygen atoms in total. The molecule has 2 aromatic rings. The number of nitrogens with one attached hydrogen (secondary N) is 1. The maximum atomic E-state index is 11.4. The number of rotatable bonds is 17. The number of carbonyl (C=O) groups is 1. The monoisotopic (exact) mass is 518 g/mol. The summed E-state index contributed by atoms with van der Waals surface area (Å²) in [4.78, 5) is 10.6. The lowest BCUT2D eigenvalue weighted by Gasteiger charge is -2.04. The Balaban J connectivity index is 0.000000397. The number of nitrogens with two attached hydrogens (primary N) is 1. The number of aromatic nitrogens is 1. The van der Waals surface area contributed by atoms with Crippen molar-refractivity contribution in [3.05, 3.63) is 54.9 Å². The van der Waals surface area contributed by atoms with Crippen LogP contribution in [-0.2, 0) is 21.4 Å². The normalized spacial score (nSPS) is 10.9. The molecule has 0 radical (unpaired) electrons. The third-order valence-corrected chi connectivity index (χ3v) is 7.46. The smallest absolute Gasteiger partial charge is 0.264 e. The van der Waals surface area contributed by atoms with Crippen LogP contribution in [0.25, 0.3) is 0 Å². The number of nitrogens with zero attached hydrogens (tertiary/aromatic N) is 1. The number of sulfonamides is 1. The average molecular weight is 519 g/mol. The minimum atomic E-state index is -3.73. The van der Waals surface area contributed by atoms with Gasteiger partial charge in [0.15, 0.2) is 12.4 Å². The summed E-state index contributed by atoms with van der Waals surface area (Å²) in [5.74, 6) is -0.623. The molecule has 1 heterocycles. The molecule has 3 N–H and O–H groups in total. The van der Waals surface area contributed by atoms with Crippen LogP contribution >= 0.6 is 0 Å². The van der Waals surface area contributed by atoms with E-state index < -0.39 is 15.9 Å². The van der Waals surface area contributed by atoms with Crippen LogP contribution in [0.1, 0.15) is 104 Å². The predicted octanol–water partition coefficient (Wildman–Crippen LogP) is 6.55. The van der Waals surface area contributed by atoms with Gasteiger partial charge in [0.2, 0.25) is 5.91 Å². The number of aryl methyl sites for hydroxylation is 1. The maximum absolute atomic E-state index is 11.4. The highest BCUT2D eigenvalue weighted by Crippen LogP contribution is 2.13. The molecule has 7 heteroatoms. The van der Waals surface area contributed by atoms with Crippen molar-refractivity contribution in [2.24, 2.45) is 0 Å². The molecule has 1 amide bonds. The molecule has 1 aromatic heterocycles. The second-order valence-corrected chi connectivity index (χ2v) is 11.1. The first-order valence-electron chi connectivity index (χ1n) is 13.7. The topological polar surface area (TPSA) is 93.1 Å². The Kier molecular flexibility index (Phi) is 17.3. The van der Waals surface area contributed by atoms with E-state index in [1.165, 1.54) is 121 Å². The van der Waals surface area contributed by atoms with E-state index in [1.807, 2.05) is 4.72 Å². The van der Waals surface area contributed by atoms with Crippen LogP contribution in [0, 0.1) is 0 Å². The van der Waals surface area contributed by atoms with E-state index in [0.29, 0.717) is 5.69 Å². The molecule has 0 unspecified atom stereocenters. The number of nitrogen functional groups attached to an aromatic ring is 1. The van der Waals surface area contributed by atoms with Gasteiger partial charge >= 0.3 is 0 Å². The van der Waals surface area contributed by atoms with Crippen molar-refractivity contribution in [1.29, 1.82) is 0 Å². The van der Waals surface area contributed by atoms with Gasteiger partial charge in [-0.2, -0.15) is 0 Å². The molecule has 0 spiro atoms. The molecule has 0 fully saturated rings. The van der Waals surface area contributed by atoms with Gasteiger partial charge in [0.25, 0.3) is 10.0 Å². The second kappa shape index (κ2) is 19.7. The molecule has 0 saturated heterocycles. The first-order valence-corrected chi connectivity index (χ1v) is 15.2. The van der Waals surface area contributed by atoms with Gasteiger partial charge in [-0.1, -0.05) is 90.0 Å². The lowest BCUT2D eigenvalue weighted by atomic mass is 10.0. The first-order chi connectivity index (χ1) is 17.3. The van der Waals surface area contributed by atoms with Crippen LogP contribution < -0.4 is 15.0 Å². The SMILES string of the molecule is CC(=O)NS(=O)(=O)c1ccc(N)cc1.CCCCCCCCCCCCCCCC[n+]1ccccc1. The Morgan fingerprint density at radius 2 is 1.19 bits per heavy atom. The molecule has 36 heavy (non-hydrogen) atoms. The van der Waals surface area contributed by atoms with Crippen molar-refractivity contribution < 1.29 is 17.8 Å². The zero-order valence-corrected chi connectivity index (χ0v) is 23.3. The molecular formula is C29H48N3O3S+. The van der Waals surface area contributed by atoms with Gasteiger partial charge in [-0.15, -0.1) is 0 Å². The Hall–Kier alpha value is -2.41. The molecule has 0 saturated carbocycles. The number of benzene rings is 1. The fourth-order valence-corrected chi connectivity index (χ4v) is 4.96. The summed E-state index contributed by atoms with van der Waals surface area (Å²) in [6, 6.07) is 11.9. The van der Waals surface area contributed by atoms with Crippen molar-refractivity contribution >= 4 is 21.6 Å². The number of amides is 1. The number of unbranched alkanes of at least 4 members (excludes halogenated alkanes) is 13. The fraction of sp³-hybridized carbons (Fsp3) is 0.586. The number of hydrogen-bond acceptors (Lipinski definition) is 4. The average Bonchev–Trinajstić information content (AvgIpc) is 2.85. The van der Waals surface area contributed by atoms with Crippen molar-refractivity contribution in [1.82, 2.24) is 4.72 Å². The van der Waals surface area contributed by atoms with Crippen molar-refractivity contribution in [2.75, 3.05) is 5.73 Å². The van der Waals surface area contributed by atoms with E-state index >= 15 is 0 Å². The van der Waals surface area contributed by atoms with Gasteiger partial charge in [0.05, 0.1) is 4.90 Å². The maximum Gasteiger partial charge on any atom is 0.264 e. The lowest BCUT2D eigenvalue weighted by Crippen LogP contribution is -2.32. The van der Waals surface area contributed by atoms with Gasteiger partial charge in [-0.3, -0.25) is 4.79 Å². The van der Waals surface area contributed by atoms with E-state index in [2.05, 4.69) is 42.1 Å². The Labute approximate surface area is 219 Å². The summed E-state index contributed by atoms with van der Waals surface area (Å²) in [6.45, 7) is 4.61. The molecule has 1 aromatic carbocycles. The summed E-state index contributed by atoms with van der Waals surface area (Å²) >= 11 is 0. The van der Waals surface area contributed by atoms with E-state index in [1.54, 1.807) is 0 Å². The molecule has 2 rings (SSSR count). The third kappa shape index (κ3) is 16.3. The fourth-order valence-electron chi connectivity index (χ4n) is 3.97. The summed E-state index contributed by atoms with van der Waals surface area (Å²) < 4.78 is 26.9. The highest BCUT2D eigenvalue weighted by molar-refractivity contribution is 7.90. The third-order valence-electron chi connectivity index (χ3n) is 6.02. The molecular weight excluding hydrogens is 470 g/mol. The van der Waals surface area contributed by atoms with Gasteiger partial charge < -0.3 is 5.73 Å². The standard InChI is InChI=1S/C21H38N.C8H10N2O3S/c1-2-3-4-5-6-7-8-9-10-11-12-13-14-16-19-22-20-17-15-18-21-22;1-6(11)10-14(12,13)8-4-2-7(9)3-5-8/h15,17-18,20-21H,2-14,16,19H2,1H3;2-5H,9H2,1H3,(H,10,11)/q+1;. The largest absolute Gasteiger partial charge is 0.399 e. The first kappa shape index (κ1) is 31.6. The second-order valence-electron chi connectivity index (χ2n) is 9.44. The molecule has 0 aliphatic heterocycles. The van der Waals surface area contributed by atoms with Crippen LogP contribution in [-0.4, -0.2) is 14.3 Å². The summed E-state index contributed by atoms with van der Waals surface area (Å²) in [5.41, 5.74) is 5.85. The number of hydrogen-bond donors (Lipinski definition) is 2. The summed E-state index contributed by atoms with van der Waals surface area (Å²) in [6.07, 6.45) is 24.4. The minimum absolute atomic E-state index is 0.0156. The highest BCUT2D eigenvalue weighted by atomic mass is 32.2. The lowest BCUT2D eigenvalue weighted by molar-refractivity contribution is -0.697. The molecule has 0 bridgehead atoms. The van der Waals surface area contributed by atoms with Crippen LogP contribution in [0.3, 0.4) is 0 Å². The Morgan fingerprint density at radius 1 is 0.750 bits per heavy atom. The number of anilines is 1. The van der Waals surface area contributed by atoms with Crippen LogP contribution in [0.15, 0.2) is 59.8 Å². The number of carbonyl (C=O) groups excluding carboxylic acids is 1. The van der Waals surface area contributed by atoms with E-state index in [0.717, 1.165) is 6.92 Å². The predicted molar refractivity (Wildman–Crippen MR) is 149 cm³/mol. The highest BCUT2D eigenvalue weighted by Gasteiger charge is 2.14. The zero-order chi connectivity index (χ0) is 26.5. The van der Waals surface area contributed by atoms with Gasteiger partial charge in [-0.25, -0.2) is 17.7 Å². The molecule has 202 valence electrons. The van der Waals surface area contributed by atoms with E-state index in [4.69, 9.17) is 5.73 Å². The van der Waals surface area contributed by atoms with Crippen LogP contribution in [0.4, 0.5) is 5.69 Å². The molecule has 0 aliphatic rings. The van der Waals surface area contributed by atoms with Crippen LogP contribution in [0.5, 0.6) is 0 Å². The minimum Gasteiger partial charge on any atom is -0.399 e. The van der Waals surface area contributed by atoms with Crippen molar-refractivity contribution in [2.45, 2.75) is 115 Å². The Morgan fingerprint density at radius 3 is 1.64 bits per heavy atom. The Bertz CT molecular complexity index is 917. The number of pyridine rings is 1. The van der Waals surface area contributed by atoms with Crippen molar-refractivity contribution in [3.8, 4) is 0 Å². The van der Waals surface area contributed by atoms with E-state index in [9.17, 15) is 13.2 Å². The zero-order valence-electron chi connectivity index (χ0n) is 22.5.